The SMILES string of the molecule is COC(=O)C[C@@H](O)c1cn(C)nc1C(=O)OC. The van der Waals surface area contributed by atoms with Gasteiger partial charge in [-0.25, -0.2) is 4.79 Å². The van der Waals surface area contributed by atoms with Crippen LogP contribution >= 0.6 is 0 Å². The number of nitrogens with zero attached hydrogens (tertiary/aromatic N) is 2. The molecule has 0 aliphatic carbocycles. The molecule has 94 valence electrons. The van der Waals surface area contributed by atoms with E-state index in [0.29, 0.717) is 0 Å². The van der Waals surface area contributed by atoms with Crippen LogP contribution in [0.3, 0.4) is 0 Å². The minimum Gasteiger partial charge on any atom is -0.469 e. The first-order chi connectivity index (χ1) is 7.99. The molecule has 0 amide bonds. The number of aryl methyl sites for hydroxylation is 1. The molecule has 1 heterocycles. The second-order valence-corrected chi connectivity index (χ2v) is 3.39. The maximum atomic E-state index is 11.4. The molecular formula is C10H14N2O5. The molecule has 0 aliphatic heterocycles. The van der Waals surface area contributed by atoms with E-state index in [9.17, 15) is 14.7 Å². The summed E-state index contributed by atoms with van der Waals surface area (Å²) in [5.74, 6) is -1.23. The second-order valence-electron chi connectivity index (χ2n) is 3.39. The fourth-order valence-electron chi connectivity index (χ4n) is 1.36. The maximum absolute atomic E-state index is 11.4. The average Bonchev–Trinajstić information content (AvgIpc) is 2.70. The predicted molar refractivity (Wildman–Crippen MR) is 56.1 cm³/mol. The summed E-state index contributed by atoms with van der Waals surface area (Å²) in [5.41, 5.74) is 0.233. The van der Waals surface area contributed by atoms with Gasteiger partial charge in [-0.3, -0.25) is 9.48 Å². The van der Waals surface area contributed by atoms with Gasteiger partial charge in [0.2, 0.25) is 0 Å². The first kappa shape index (κ1) is 13.2. The first-order valence-electron chi connectivity index (χ1n) is 4.86. The van der Waals surface area contributed by atoms with E-state index in [2.05, 4.69) is 14.6 Å². The Balaban J connectivity index is 2.96. The van der Waals surface area contributed by atoms with Crippen LogP contribution in [0.4, 0.5) is 0 Å². The number of esters is 2. The number of methoxy groups -OCH3 is 2. The summed E-state index contributed by atoms with van der Waals surface area (Å²) in [5, 5.41) is 13.7. The van der Waals surface area contributed by atoms with Crippen molar-refractivity contribution in [1.29, 1.82) is 0 Å². The molecule has 7 nitrogen and oxygen atoms in total. The van der Waals surface area contributed by atoms with Crippen molar-refractivity contribution in [2.24, 2.45) is 7.05 Å². The summed E-state index contributed by atoms with van der Waals surface area (Å²) in [7, 11) is 4.04. The van der Waals surface area contributed by atoms with Crippen LogP contribution in [0.15, 0.2) is 6.20 Å². The molecule has 0 fully saturated rings. The van der Waals surface area contributed by atoms with Gasteiger partial charge < -0.3 is 14.6 Å². The lowest BCUT2D eigenvalue weighted by atomic mass is 10.1. The van der Waals surface area contributed by atoms with Crippen LogP contribution in [0.5, 0.6) is 0 Å². The molecule has 17 heavy (non-hydrogen) atoms. The van der Waals surface area contributed by atoms with Gasteiger partial charge in [0.1, 0.15) is 0 Å². The van der Waals surface area contributed by atoms with Gasteiger partial charge in [0.05, 0.1) is 26.7 Å². The highest BCUT2D eigenvalue weighted by Crippen LogP contribution is 2.21. The molecule has 0 saturated heterocycles. The van der Waals surface area contributed by atoms with E-state index in [1.165, 1.54) is 25.1 Å². The van der Waals surface area contributed by atoms with Gasteiger partial charge >= 0.3 is 11.9 Å². The van der Waals surface area contributed by atoms with E-state index in [0.717, 1.165) is 0 Å². The zero-order valence-electron chi connectivity index (χ0n) is 9.84. The van der Waals surface area contributed by atoms with Gasteiger partial charge in [-0.2, -0.15) is 5.10 Å². The molecule has 0 saturated carbocycles. The van der Waals surface area contributed by atoms with E-state index in [1.807, 2.05) is 0 Å². The number of hydrogen-bond donors (Lipinski definition) is 1. The molecule has 1 aromatic rings. The molecule has 0 aromatic carbocycles. The Labute approximate surface area is 97.9 Å². The normalized spacial score (nSPS) is 12.0. The van der Waals surface area contributed by atoms with Crippen molar-refractivity contribution in [2.45, 2.75) is 12.5 Å². The third-order valence-corrected chi connectivity index (χ3v) is 2.18. The Morgan fingerprint density at radius 1 is 1.47 bits per heavy atom. The molecule has 0 unspecified atom stereocenters. The molecule has 1 atom stereocenters. The summed E-state index contributed by atoms with van der Waals surface area (Å²) in [6.45, 7) is 0. The third kappa shape index (κ3) is 3.04. The number of carbonyl (C=O) groups excluding carboxylic acids is 2. The van der Waals surface area contributed by atoms with Crippen molar-refractivity contribution in [3.63, 3.8) is 0 Å². The summed E-state index contributed by atoms with van der Waals surface area (Å²) in [6, 6.07) is 0. The van der Waals surface area contributed by atoms with Crippen molar-refractivity contribution in [1.82, 2.24) is 9.78 Å². The second kappa shape index (κ2) is 5.44. The summed E-state index contributed by atoms with van der Waals surface area (Å²) < 4.78 is 10.3. The van der Waals surface area contributed by atoms with E-state index >= 15 is 0 Å². The molecule has 1 N–H and O–H groups in total. The van der Waals surface area contributed by atoms with Gasteiger partial charge in [-0.15, -0.1) is 0 Å². The zero-order chi connectivity index (χ0) is 13.0. The molecule has 1 aromatic heterocycles. The fraction of sp³-hybridized carbons (Fsp3) is 0.500. The number of carbonyl (C=O) groups is 2. The number of aliphatic hydroxyl groups excluding tert-OH is 1. The van der Waals surface area contributed by atoms with Crippen LogP contribution in [0.1, 0.15) is 28.6 Å². The lowest BCUT2D eigenvalue weighted by Gasteiger charge is -2.08. The highest BCUT2D eigenvalue weighted by molar-refractivity contribution is 5.89. The van der Waals surface area contributed by atoms with Crippen LogP contribution in [0.2, 0.25) is 0 Å². The van der Waals surface area contributed by atoms with Crippen molar-refractivity contribution in [3.8, 4) is 0 Å². The van der Waals surface area contributed by atoms with Gasteiger partial charge in [0.25, 0.3) is 0 Å². The van der Waals surface area contributed by atoms with E-state index < -0.39 is 18.0 Å². The zero-order valence-corrected chi connectivity index (χ0v) is 9.84. The Morgan fingerprint density at radius 2 is 2.12 bits per heavy atom. The van der Waals surface area contributed by atoms with E-state index in [-0.39, 0.29) is 17.7 Å². The van der Waals surface area contributed by atoms with Gasteiger partial charge in [-0.05, 0) is 0 Å². The molecular weight excluding hydrogens is 228 g/mol. The lowest BCUT2D eigenvalue weighted by Crippen LogP contribution is -2.12. The number of hydrogen-bond acceptors (Lipinski definition) is 6. The largest absolute Gasteiger partial charge is 0.469 e. The quantitative estimate of drug-likeness (QED) is 0.735. The van der Waals surface area contributed by atoms with E-state index in [1.54, 1.807) is 7.05 Å². The van der Waals surface area contributed by atoms with Gasteiger partial charge in [-0.1, -0.05) is 0 Å². The van der Waals surface area contributed by atoms with E-state index in [4.69, 9.17) is 0 Å². The summed E-state index contributed by atoms with van der Waals surface area (Å²) >= 11 is 0. The number of aromatic nitrogens is 2. The fourth-order valence-corrected chi connectivity index (χ4v) is 1.36. The van der Waals surface area contributed by atoms with Gasteiger partial charge in [0, 0.05) is 18.8 Å². The van der Waals surface area contributed by atoms with Crippen LogP contribution in [-0.2, 0) is 21.3 Å². The Bertz CT molecular complexity index is 426. The van der Waals surface area contributed by atoms with Crippen LogP contribution in [0.25, 0.3) is 0 Å². The monoisotopic (exact) mass is 242 g/mol. The minimum absolute atomic E-state index is 0.00796. The minimum atomic E-state index is -1.15. The highest BCUT2D eigenvalue weighted by Gasteiger charge is 2.24. The number of rotatable bonds is 4. The van der Waals surface area contributed by atoms with Crippen molar-refractivity contribution < 1.29 is 24.2 Å². The van der Waals surface area contributed by atoms with Crippen LogP contribution < -0.4 is 0 Å². The molecule has 1 rings (SSSR count). The standard InChI is InChI=1S/C10H14N2O5/c1-12-5-6(7(13)4-8(14)16-2)9(11-12)10(15)17-3/h5,7,13H,4H2,1-3H3/t7-/m1/s1. The molecule has 0 aliphatic rings. The molecule has 0 bridgehead atoms. The topological polar surface area (TPSA) is 90.6 Å². The van der Waals surface area contributed by atoms with Crippen molar-refractivity contribution in [2.75, 3.05) is 14.2 Å². The molecule has 0 spiro atoms. The Hall–Kier alpha value is -1.89. The van der Waals surface area contributed by atoms with Crippen molar-refractivity contribution >= 4 is 11.9 Å². The molecule has 7 heteroatoms. The van der Waals surface area contributed by atoms with Crippen molar-refractivity contribution in [3.05, 3.63) is 17.5 Å². The highest BCUT2D eigenvalue weighted by atomic mass is 16.5. The Morgan fingerprint density at radius 3 is 2.65 bits per heavy atom. The lowest BCUT2D eigenvalue weighted by molar-refractivity contribution is -0.142. The van der Waals surface area contributed by atoms with Crippen LogP contribution in [0, 0.1) is 0 Å². The first-order valence-corrected chi connectivity index (χ1v) is 4.86. The van der Waals surface area contributed by atoms with Gasteiger partial charge in [0.15, 0.2) is 5.69 Å². The van der Waals surface area contributed by atoms with Crippen LogP contribution in [-0.4, -0.2) is 41.0 Å². The average molecular weight is 242 g/mol. The Kier molecular flexibility index (Phi) is 4.22. The smallest absolute Gasteiger partial charge is 0.358 e. The third-order valence-electron chi connectivity index (χ3n) is 2.18. The number of ether oxygens (including phenoxy) is 2. The summed E-state index contributed by atoms with van der Waals surface area (Å²) in [4.78, 5) is 22.4. The molecule has 0 radical (unpaired) electrons. The maximum Gasteiger partial charge on any atom is 0.358 e. The predicted octanol–water partition coefficient (Wildman–Crippen LogP) is -0.197. The number of aliphatic hydroxyl groups is 1. The summed E-state index contributed by atoms with van der Waals surface area (Å²) in [6.07, 6.45) is 0.0664.